The first-order valence-corrected chi connectivity index (χ1v) is 5.73. The number of esters is 1. The molecule has 1 rings (SSSR count). The fraction of sp³-hybridized carbons (Fsp3) is 0.909. The summed E-state index contributed by atoms with van der Waals surface area (Å²) >= 11 is 0. The van der Waals surface area contributed by atoms with Crippen molar-refractivity contribution in [1.29, 1.82) is 0 Å². The molecule has 0 aliphatic carbocycles. The normalized spacial score (nSPS) is 20.3. The first kappa shape index (κ1) is 12.5. The van der Waals surface area contributed by atoms with Crippen LogP contribution in [-0.4, -0.2) is 38.3 Å². The van der Waals surface area contributed by atoms with E-state index in [0.29, 0.717) is 0 Å². The number of hydrogen-bond acceptors (Lipinski definition) is 4. The molecule has 0 aromatic carbocycles. The number of likely N-dealkylation sites (N-methyl/N-ethyl adjacent to an activating group) is 1. The molecular formula is C11H22N2O2. The second kappa shape index (κ2) is 6.08. The highest BCUT2D eigenvalue weighted by atomic mass is 16.5. The number of ether oxygens (including phenoxy) is 1. The predicted molar refractivity (Wildman–Crippen MR) is 59.7 cm³/mol. The standard InChI is InChI=1S/C11H22N2O2/c1-8(2)10(12-3)11(14)15-9-4-6-13-7-5-9/h8-10,12-13H,4-7H2,1-3H3/t10-/m0/s1. The average Bonchev–Trinajstić information content (AvgIpc) is 2.19. The van der Waals surface area contributed by atoms with Gasteiger partial charge in [0.2, 0.25) is 0 Å². The Balaban J connectivity index is 2.38. The molecule has 0 spiro atoms. The minimum atomic E-state index is -0.181. The van der Waals surface area contributed by atoms with Crippen molar-refractivity contribution < 1.29 is 9.53 Å². The molecule has 0 radical (unpaired) electrons. The van der Waals surface area contributed by atoms with Crippen LogP contribution in [-0.2, 0) is 9.53 Å². The molecule has 1 atom stereocenters. The molecule has 1 aliphatic rings. The van der Waals surface area contributed by atoms with Gasteiger partial charge in [-0.25, -0.2) is 0 Å². The molecule has 0 amide bonds. The van der Waals surface area contributed by atoms with Crippen LogP contribution in [0.4, 0.5) is 0 Å². The van der Waals surface area contributed by atoms with Crippen LogP contribution >= 0.6 is 0 Å². The molecule has 4 heteroatoms. The Hall–Kier alpha value is -0.610. The summed E-state index contributed by atoms with van der Waals surface area (Å²) in [5.74, 6) is 0.156. The number of piperidine rings is 1. The summed E-state index contributed by atoms with van der Waals surface area (Å²) in [6, 6.07) is -0.181. The quantitative estimate of drug-likeness (QED) is 0.670. The van der Waals surface area contributed by atoms with Gasteiger partial charge in [-0.3, -0.25) is 4.79 Å². The maximum atomic E-state index is 11.8. The molecule has 0 bridgehead atoms. The number of carbonyl (C=O) groups is 1. The molecule has 1 fully saturated rings. The van der Waals surface area contributed by atoms with Gasteiger partial charge in [-0.2, -0.15) is 0 Å². The van der Waals surface area contributed by atoms with Crippen molar-refractivity contribution in [2.24, 2.45) is 5.92 Å². The molecule has 0 aromatic heterocycles. The van der Waals surface area contributed by atoms with Crippen LogP contribution < -0.4 is 10.6 Å². The number of nitrogens with one attached hydrogen (secondary N) is 2. The van der Waals surface area contributed by atoms with Crippen molar-refractivity contribution >= 4 is 5.97 Å². The Bertz CT molecular complexity index is 201. The summed E-state index contributed by atoms with van der Waals surface area (Å²) in [6.45, 7) is 5.93. The van der Waals surface area contributed by atoms with Gasteiger partial charge in [0.15, 0.2) is 0 Å². The van der Waals surface area contributed by atoms with Crippen molar-refractivity contribution in [3.8, 4) is 0 Å². The van der Waals surface area contributed by atoms with E-state index in [2.05, 4.69) is 10.6 Å². The summed E-state index contributed by atoms with van der Waals surface area (Å²) in [4.78, 5) is 11.8. The van der Waals surface area contributed by atoms with Gasteiger partial charge in [0, 0.05) is 0 Å². The SMILES string of the molecule is CN[C@H](C(=O)OC1CCNCC1)C(C)C. The molecule has 0 aromatic rings. The fourth-order valence-electron chi connectivity index (χ4n) is 1.87. The van der Waals surface area contributed by atoms with E-state index in [0.717, 1.165) is 25.9 Å². The van der Waals surface area contributed by atoms with Crippen molar-refractivity contribution in [3.63, 3.8) is 0 Å². The summed E-state index contributed by atoms with van der Waals surface area (Å²) in [5, 5.41) is 6.25. The van der Waals surface area contributed by atoms with Crippen LogP contribution in [0.3, 0.4) is 0 Å². The maximum absolute atomic E-state index is 11.8. The molecule has 15 heavy (non-hydrogen) atoms. The van der Waals surface area contributed by atoms with Crippen LogP contribution in [0.1, 0.15) is 26.7 Å². The number of rotatable bonds is 4. The second-order valence-electron chi connectivity index (χ2n) is 4.40. The van der Waals surface area contributed by atoms with Crippen molar-refractivity contribution in [1.82, 2.24) is 10.6 Å². The highest BCUT2D eigenvalue weighted by molar-refractivity contribution is 5.76. The van der Waals surface area contributed by atoms with Crippen molar-refractivity contribution in [3.05, 3.63) is 0 Å². The van der Waals surface area contributed by atoms with Crippen LogP contribution in [0.2, 0.25) is 0 Å². The molecule has 1 heterocycles. The van der Waals surface area contributed by atoms with E-state index in [9.17, 15) is 4.79 Å². The zero-order valence-electron chi connectivity index (χ0n) is 9.88. The van der Waals surface area contributed by atoms with Crippen LogP contribution in [0.25, 0.3) is 0 Å². The lowest BCUT2D eigenvalue weighted by Gasteiger charge is -2.26. The average molecular weight is 214 g/mol. The maximum Gasteiger partial charge on any atom is 0.323 e. The van der Waals surface area contributed by atoms with Gasteiger partial charge in [0.25, 0.3) is 0 Å². The van der Waals surface area contributed by atoms with Gasteiger partial charge < -0.3 is 15.4 Å². The third-order valence-corrected chi connectivity index (χ3v) is 2.80. The molecule has 0 unspecified atom stereocenters. The zero-order valence-corrected chi connectivity index (χ0v) is 9.88. The molecule has 4 nitrogen and oxygen atoms in total. The Morgan fingerprint density at radius 1 is 1.40 bits per heavy atom. The van der Waals surface area contributed by atoms with Gasteiger partial charge in [0.1, 0.15) is 12.1 Å². The van der Waals surface area contributed by atoms with Crippen LogP contribution in [0, 0.1) is 5.92 Å². The lowest BCUT2D eigenvalue weighted by Crippen LogP contribution is -2.43. The fourth-order valence-corrected chi connectivity index (χ4v) is 1.87. The van der Waals surface area contributed by atoms with Gasteiger partial charge in [-0.05, 0) is 38.9 Å². The van der Waals surface area contributed by atoms with Crippen LogP contribution in [0.5, 0.6) is 0 Å². The summed E-state index contributed by atoms with van der Waals surface area (Å²) in [6.07, 6.45) is 1.97. The molecular weight excluding hydrogens is 192 g/mol. The second-order valence-corrected chi connectivity index (χ2v) is 4.40. The predicted octanol–water partition coefficient (Wildman–Crippen LogP) is 0.526. The zero-order chi connectivity index (χ0) is 11.3. The third kappa shape index (κ3) is 3.80. The Labute approximate surface area is 91.8 Å². The van der Waals surface area contributed by atoms with Crippen LogP contribution in [0.15, 0.2) is 0 Å². The molecule has 0 saturated carbocycles. The molecule has 2 N–H and O–H groups in total. The third-order valence-electron chi connectivity index (χ3n) is 2.80. The lowest BCUT2D eigenvalue weighted by molar-refractivity contribution is -0.153. The van der Waals surface area contributed by atoms with E-state index in [1.165, 1.54) is 0 Å². The topological polar surface area (TPSA) is 50.4 Å². The van der Waals surface area contributed by atoms with E-state index in [1.54, 1.807) is 7.05 Å². The summed E-state index contributed by atoms with van der Waals surface area (Å²) in [7, 11) is 1.80. The Morgan fingerprint density at radius 2 is 2.00 bits per heavy atom. The minimum Gasteiger partial charge on any atom is -0.461 e. The van der Waals surface area contributed by atoms with Gasteiger partial charge in [0.05, 0.1) is 0 Å². The monoisotopic (exact) mass is 214 g/mol. The van der Waals surface area contributed by atoms with Gasteiger partial charge in [-0.15, -0.1) is 0 Å². The van der Waals surface area contributed by atoms with E-state index in [1.807, 2.05) is 13.8 Å². The summed E-state index contributed by atoms with van der Waals surface area (Å²) < 4.78 is 5.46. The van der Waals surface area contributed by atoms with E-state index >= 15 is 0 Å². The van der Waals surface area contributed by atoms with Gasteiger partial charge >= 0.3 is 5.97 Å². The highest BCUT2D eigenvalue weighted by Crippen LogP contribution is 2.11. The van der Waals surface area contributed by atoms with E-state index < -0.39 is 0 Å². The lowest BCUT2D eigenvalue weighted by atomic mass is 10.0. The van der Waals surface area contributed by atoms with E-state index in [4.69, 9.17) is 4.74 Å². The van der Waals surface area contributed by atoms with Gasteiger partial charge in [-0.1, -0.05) is 13.8 Å². The molecule has 1 aliphatic heterocycles. The Morgan fingerprint density at radius 3 is 2.47 bits per heavy atom. The molecule has 1 saturated heterocycles. The number of hydrogen-bond donors (Lipinski definition) is 2. The van der Waals surface area contributed by atoms with Crippen molar-refractivity contribution in [2.75, 3.05) is 20.1 Å². The van der Waals surface area contributed by atoms with E-state index in [-0.39, 0.29) is 24.0 Å². The first-order chi connectivity index (χ1) is 7.15. The minimum absolute atomic E-state index is 0.105. The van der Waals surface area contributed by atoms with Crippen molar-refractivity contribution in [2.45, 2.75) is 38.8 Å². The summed E-state index contributed by atoms with van der Waals surface area (Å²) in [5.41, 5.74) is 0. The Kier molecular flexibility index (Phi) is 5.05. The smallest absolute Gasteiger partial charge is 0.323 e. The largest absolute Gasteiger partial charge is 0.461 e. The molecule has 88 valence electrons. The highest BCUT2D eigenvalue weighted by Gasteiger charge is 2.25. The number of carbonyl (C=O) groups excluding carboxylic acids is 1. The first-order valence-electron chi connectivity index (χ1n) is 5.73.